The lowest BCUT2D eigenvalue weighted by Crippen LogP contribution is -2.54. The summed E-state index contributed by atoms with van der Waals surface area (Å²) in [5.74, 6) is 0.425. The molecule has 0 aliphatic carbocycles. The Kier molecular flexibility index (Phi) is 4.28. The van der Waals surface area contributed by atoms with Crippen molar-refractivity contribution in [2.75, 3.05) is 26.2 Å². The smallest absolute Gasteiger partial charge is 0.225 e. The van der Waals surface area contributed by atoms with Crippen LogP contribution in [0, 0.1) is 5.92 Å². The first-order chi connectivity index (χ1) is 9.81. The zero-order valence-electron chi connectivity index (χ0n) is 11.7. The molecule has 0 radical (unpaired) electrons. The number of likely N-dealkylation sites (tertiary alicyclic amines) is 1. The van der Waals surface area contributed by atoms with E-state index < -0.39 is 0 Å². The quantitative estimate of drug-likeness (QED) is 0.833. The fraction of sp³-hybridized carbons (Fsp3) is 0.600. The minimum absolute atomic E-state index is 0.196. The summed E-state index contributed by atoms with van der Waals surface area (Å²) in [7, 11) is 0. The number of amides is 1. The normalized spacial score (nSPS) is 21.4. The number of pyridine rings is 1. The summed E-state index contributed by atoms with van der Waals surface area (Å²) in [6.45, 7) is 4.65. The minimum atomic E-state index is 0.196. The molecule has 0 aromatic carbocycles. The van der Waals surface area contributed by atoms with Crippen LogP contribution in [0.25, 0.3) is 0 Å². The highest BCUT2D eigenvalue weighted by Crippen LogP contribution is 2.14. The van der Waals surface area contributed by atoms with E-state index in [2.05, 4.69) is 26.6 Å². The predicted molar refractivity (Wildman–Crippen MR) is 77.0 cm³/mol. The summed E-state index contributed by atoms with van der Waals surface area (Å²) in [4.78, 5) is 18.7. The number of rotatable bonds is 4. The molecule has 1 aromatic heterocycles. The molecular weight excluding hydrogens is 252 g/mol. The van der Waals surface area contributed by atoms with Crippen molar-refractivity contribution in [3.05, 3.63) is 30.1 Å². The highest BCUT2D eigenvalue weighted by Gasteiger charge is 2.28. The minimum Gasteiger partial charge on any atom is -0.353 e. The zero-order chi connectivity index (χ0) is 13.8. The molecule has 5 nitrogen and oxygen atoms in total. The van der Waals surface area contributed by atoms with Crippen LogP contribution in [-0.2, 0) is 11.3 Å². The molecule has 2 saturated heterocycles. The van der Waals surface area contributed by atoms with E-state index in [1.807, 2.05) is 18.3 Å². The summed E-state index contributed by atoms with van der Waals surface area (Å²) >= 11 is 0. The first kappa shape index (κ1) is 13.5. The Balaban J connectivity index is 1.41. The SMILES string of the molecule is O=C(NC1CCN(Cc2ccccn2)CC1)C1CNC1. The number of nitrogens with one attached hydrogen (secondary N) is 2. The van der Waals surface area contributed by atoms with Crippen LogP contribution in [0.4, 0.5) is 0 Å². The Morgan fingerprint density at radius 1 is 1.35 bits per heavy atom. The monoisotopic (exact) mass is 274 g/mol. The summed E-state index contributed by atoms with van der Waals surface area (Å²) in [6, 6.07) is 6.39. The van der Waals surface area contributed by atoms with Gasteiger partial charge in [0.15, 0.2) is 0 Å². The fourth-order valence-corrected chi connectivity index (χ4v) is 2.75. The van der Waals surface area contributed by atoms with E-state index in [1.54, 1.807) is 0 Å². The van der Waals surface area contributed by atoms with Crippen LogP contribution >= 0.6 is 0 Å². The molecule has 0 bridgehead atoms. The molecule has 1 aromatic rings. The Morgan fingerprint density at radius 2 is 2.15 bits per heavy atom. The molecule has 5 heteroatoms. The third-order valence-electron chi connectivity index (χ3n) is 4.20. The Hall–Kier alpha value is -1.46. The average molecular weight is 274 g/mol. The maximum absolute atomic E-state index is 11.9. The molecule has 2 aliphatic heterocycles. The van der Waals surface area contributed by atoms with Gasteiger partial charge >= 0.3 is 0 Å². The van der Waals surface area contributed by atoms with Crippen LogP contribution in [0.1, 0.15) is 18.5 Å². The molecule has 0 unspecified atom stereocenters. The maximum Gasteiger partial charge on any atom is 0.225 e. The molecule has 20 heavy (non-hydrogen) atoms. The molecule has 108 valence electrons. The van der Waals surface area contributed by atoms with Crippen molar-refractivity contribution in [1.29, 1.82) is 0 Å². The number of carbonyl (C=O) groups excluding carboxylic acids is 1. The molecular formula is C15H22N4O. The molecule has 2 N–H and O–H groups in total. The van der Waals surface area contributed by atoms with Gasteiger partial charge in [-0.15, -0.1) is 0 Å². The number of hydrogen-bond donors (Lipinski definition) is 2. The zero-order valence-corrected chi connectivity index (χ0v) is 11.7. The van der Waals surface area contributed by atoms with Crippen molar-refractivity contribution in [2.24, 2.45) is 5.92 Å². The van der Waals surface area contributed by atoms with Gasteiger partial charge < -0.3 is 10.6 Å². The van der Waals surface area contributed by atoms with Gasteiger partial charge in [-0.25, -0.2) is 0 Å². The second-order valence-corrected chi connectivity index (χ2v) is 5.74. The van der Waals surface area contributed by atoms with E-state index in [1.165, 1.54) is 0 Å². The van der Waals surface area contributed by atoms with Crippen LogP contribution in [0.5, 0.6) is 0 Å². The standard InChI is InChI=1S/C15H22N4O/c20-15(12-9-16-10-12)18-13-4-7-19(8-5-13)11-14-3-1-2-6-17-14/h1-3,6,12-13,16H,4-5,7-11H2,(H,18,20). The second-order valence-electron chi connectivity index (χ2n) is 5.74. The largest absolute Gasteiger partial charge is 0.353 e. The highest BCUT2D eigenvalue weighted by molar-refractivity contribution is 5.80. The average Bonchev–Trinajstić information content (AvgIpc) is 2.40. The topological polar surface area (TPSA) is 57.3 Å². The third kappa shape index (κ3) is 3.35. The number of carbonyl (C=O) groups is 1. The van der Waals surface area contributed by atoms with Gasteiger partial charge in [0.2, 0.25) is 5.91 Å². The van der Waals surface area contributed by atoms with Crippen LogP contribution in [0.15, 0.2) is 24.4 Å². The number of nitrogens with zero attached hydrogens (tertiary/aromatic N) is 2. The molecule has 0 saturated carbocycles. The van der Waals surface area contributed by atoms with Gasteiger partial charge in [0, 0.05) is 45.0 Å². The summed E-state index contributed by atoms with van der Waals surface area (Å²) in [6.07, 6.45) is 3.92. The van der Waals surface area contributed by atoms with E-state index in [4.69, 9.17) is 0 Å². The second kappa shape index (κ2) is 6.33. The van der Waals surface area contributed by atoms with Crippen molar-refractivity contribution in [3.8, 4) is 0 Å². The first-order valence-electron chi connectivity index (χ1n) is 7.44. The lowest BCUT2D eigenvalue weighted by molar-refractivity contribution is -0.127. The van der Waals surface area contributed by atoms with Crippen molar-refractivity contribution >= 4 is 5.91 Å². The van der Waals surface area contributed by atoms with Gasteiger partial charge in [0.05, 0.1) is 11.6 Å². The Bertz CT molecular complexity index is 438. The number of hydrogen-bond acceptors (Lipinski definition) is 4. The van der Waals surface area contributed by atoms with E-state index in [0.717, 1.165) is 51.3 Å². The van der Waals surface area contributed by atoms with E-state index in [0.29, 0.717) is 6.04 Å². The summed E-state index contributed by atoms with van der Waals surface area (Å²) < 4.78 is 0. The molecule has 1 amide bonds. The summed E-state index contributed by atoms with van der Waals surface area (Å²) in [5, 5.41) is 6.32. The molecule has 0 atom stereocenters. The first-order valence-corrected chi connectivity index (χ1v) is 7.44. The van der Waals surface area contributed by atoms with Crippen molar-refractivity contribution in [3.63, 3.8) is 0 Å². The third-order valence-corrected chi connectivity index (χ3v) is 4.20. The maximum atomic E-state index is 11.9. The van der Waals surface area contributed by atoms with Gasteiger partial charge in [-0.2, -0.15) is 0 Å². The van der Waals surface area contributed by atoms with Crippen molar-refractivity contribution in [2.45, 2.75) is 25.4 Å². The van der Waals surface area contributed by atoms with Crippen LogP contribution in [-0.4, -0.2) is 48.0 Å². The van der Waals surface area contributed by atoms with E-state index in [-0.39, 0.29) is 11.8 Å². The lowest BCUT2D eigenvalue weighted by atomic mass is 9.99. The van der Waals surface area contributed by atoms with Gasteiger partial charge in [0.25, 0.3) is 0 Å². The highest BCUT2D eigenvalue weighted by atomic mass is 16.2. The van der Waals surface area contributed by atoms with Crippen molar-refractivity contribution in [1.82, 2.24) is 20.5 Å². The van der Waals surface area contributed by atoms with Gasteiger partial charge in [0.1, 0.15) is 0 Å². The van der Waals surface area contributed by atoms with Crippen LogP contribution in [0.3, 0.4) is 0 Å². The van der Waals surface area contributed by atoms with Crippen LogP contribution < -0.4 is 10.6 Å². The van der Waals surface area contributed by atoms with Crippen LogP contribution in [0.2, 0.25) is 0 Å². The predicted octanol–water partition coefficient (Wildman–Crippen LogP) is 0.382. The van der Waals surface area contributed by atoms with E-state index in [9.17, 15) is 4.79 Å². The van der Waals surface area contributed by atoms with Gasteiger partial charge in [-0.05, 0) is 25.0 Å². The molecule has 3 heterocycles. The van der Waals surface area contributed by atoms with Gasteiger partial charge in [-0.1, -0.05) is 6.07 Å². The summed E-state index contributed by atoms with van der Waals surface area (Å²) in [5.41, 5.74) is 1.12. The van der Waals surface area contributed by atoms with E-state index >= 15 is 0 Å². The molecule has 3 rings (SSSR count). The lowest BCUT2D eigenvalue weighted by Gasteiger charge is -2.34. The fourth-order valence-electron chi connectivity index (χ4n) is 2.75. The molecule has 0 spiro atoms. The molecule has 2 aliphatic rings. The van der Waals surface area contributed by atoms with Crippen molar-refractivity contribution < 1.29 is 4.79 Å². The number of piperidine rings is 1. The Morgan fingerprint density at radius 3 is 2.75 bits per heavy atom. The molecule has 2 fully saturated rings. The Labute approximate surface area is 119 Å². The van der Waals surface area contributed by atoms with Gasteiger partial charge in [-0.3, -0.25) is 14.7 Å². The number of aromatic nitrogens is 1.